The molecule has 0 atom stereocenters. The van der Waals surface area contributed by atoms with E-state index in [0.29, 0.717) is 36.7 Å². The zero-order valence-electron chi connectivity index (χ0n) is 25.7. The van der Waals surface area contributed by atoms with Crippen molar-refractivity contribution in [1.82, 2.24) is 9.88 Å². The summed E-state index contributed by atoms with van der Waals surface area (Å²) in [6.07, 6.45) is 5.21. The van der Waals surface area contributed by atoms with E-state index in [1.807, 2.05) is 36.4 Å². The highest BCUT2D eigenvalue weighted by Gasteiger charge is 2.29. The van der Waals surface area contributed by atoms with Crippen LogP contribution in [0.5, 0.6) is 11.6 Å². The van der Waals surface area contributed by atoms with Crippen LogP contribution >= 0.6 is 12.4 Å². The highest BCUT2D eigenvalue weighted by molar-refractivity contribution is 7.92. The van der Waals surface area contributed by atoms with Crippen LogP contribution in [0.4, 0.5) is 26.2 Å². The summed E-state index contributed by atoms with van der Waals surface area (Å²) >= 11 is 0. The molecule has 1 aliphatic rings. The molecular formula is C32H35ClFN5O6S2. The molecule has 3 aromatic carbocycles. The minimum atomic E-state index is -3.71. The fourth-order valence-electron chi connectivity index (χ4n) is 5.18. The number of aromatic nitrogens is 1. The molecule has 1 aromatic heterocycles. The van der Waals surface area contributed by atoms with Gasteiger partial charge in [0.2, 0.25) is 15.9 Å². The minimum Gasteiger partial charge on any atom is -0.439 e. The Morgan fingerprint density at radius 3 is 2.23 bits per heavy atom. The average Bonchev–Trinajstić information content (AvgIpc) is 3.00. The molecule has 1 saturated heterocycles. The molecule has 250 valence electrons. The van der Waals surface area contributed by atoms with Gasteiger partial charge in [0, 0.05) is 55.6 Å². The van der Waals surface area contributed by atoms with E-state index in [2.05, 4.69) is 19.9 Å². The fraction of sp³-hybridized carbons (Fsp3) is 0.250. The van der Waals surface area contributed by atoms with Crippen LogP contribution in [0.15, 0.2) is 96.0 Å². The van der Waals surface area contributed by atoms with E-state index in [9.17, 15) is 26.0 Å². The monoisotopic (exact) mass is 703 g/mol. The van der Waals surface area contributed by atoms with E-state index in [4.69, 9.17) is 4.74 Å². The lowest BCUT2D eigenvalue weighted by atomic mass is 10.0. The van der Waals surface area contributed by atoms with Gasteiger partial charge in [-0.3, -0.25) is 14.5 Å². The lowest BCUT2D eigenvalue weighted by Gasteiger charge is -2.38. The van der Waals surface area contributed by atoms with E-state index < -0.39 is 31.7 Å². The first-order valence-corrected chi connectivity index (χ1v) is 18.2. The van der Waals surface area contributed by atoms with Crippen molar-refractivity contribution in [1.29, 1.82) is 0 Å². The molecule has 47 heavy (non-hydrogen) atoms. The van der Waals surface area contributed by atoms with E-state index in [0.717, 1.165) is 37.2 Å². The van der Waals surface area contributed by atoms with Crippen molar-refractivity contribution in [3.05, 3.63) is 103 Å². The summed E-state index contributed by atoms with van der Waals surface area (Å²) in [4.78, 5) is 22.2. The maximum Gasteiger partial charge on any atom is 0.326 e. The minimum absolute atomic E-state index is 0. The van der Waals surface area contributed by atoms with Crippen molar-refractivity contribution in [3.8, 4) is 11.6 Å². The first-order chi connectivity index (χ1) is 21.8. The summed E-state index contributed by atoms with van der Waals surface area (Å²) in [6.45, 7) is 2.11. The van der Waals surface area contributed by atoms with Crippen molar-refractivity contribution in [2.45, 2.75) is 30.3 Å². The maximum absolute atomic E-state index is 14.2. The molecule has 15 heteroatoms. The second-order valence-corrected chi connectivity index (χ2v) is 14.8. The first kappa shape index (κ1) is 35.6. The summed E-state index contributed by atoms with van der Waals surface area (Å²) in [5, 5.41) is 2.80. The van der Waals surface area contributed by atoms with Crippen LogP contribution in [-0.4, -0.2) is 64.4 Å². The number of amides is 2. The number of likely N-dealkylation sites (tertiary alicyclic amines) is 1. The normalized spacial score (nSPS) is 14.1. The highest BCUT2D eigenvalue weighted by atomic mass is 35.5. The van der Waals surface area contributed by atoms with Crippen molar-refractivity contribution in [2.24, 2.45) is 0 Å². The largest absolute Gasteiger partial charge is 0.439 e. The van der Waals surface area contributed by atoms with Gasteiger partial charge in [-0.1, -0.05) is 24.3 Å². The number of benzene rings is 3. The number of sulfonamides is 1. The number of urea groups is 1. The first-order valence-electron chi connectivity index (χ1n) is 14.4. The second-order valence-electron chi connectivity index (χ2n) is 11.1. The Hall–Kier alpha value is -4.24. The number of nitrogens with zero attached hydrogens (tertiary/aromatic N) is 3. The molecule has 4 aromatic rings. The van der Waals surface area contributed by atoms with E-state index in [1.54, 1.807) is 29.3 Å². The molecule has 0 bridgehead atoms. The van der Waals surface area contributed by atoms with Gasteiger partial charge in [-0.15, -0.1) is 12.4 Å². The molecule has 0 spiro atoms. The number of carbonyl (C=O) groups is 1. The predicted molar refractivity (Wildman–Crippen MR) is 182 cm³/mol. The van der Waals surface area contributed by atoms with Crippen LogP contribution in [0, 0.1) is 5.82 Å². The van der Waals surface area contributed by atoms with Crippen LogP contribution in [0.1, 0.15) is 18.4 Å². The fourth-order valence-corrected chi connectivity index (χ4v) is 6.37. The third kappa shape index (κ3) is 9.88. The average molecular weight is 704 g/mol. The maximum atomic E-state index is 14.2. The molecule has 11 nitrogen and oxygen atoms in total. The van der Waals surface area contributed by atoms with Crippen LogP contribution in [0.25, 0.3) is 0 Å². The molecule has 5 rings (SSSR count). The predicted octanol–water partition coefficient (Wildman–Crippen LogP) is 5.91. The number of hydrogen-bond donors (Lipinski definition) is 2. The molecule has 1 aliphatic heterocycles. The van der Waals surface area contributed by atoms with Gasteiger partial charge < -0.3 is 10.1 Å². The summed E-state index contributed by atoms with van der Waals surface area (Å²) in [5.41, 5.74) is 1.70. The van der Waals surface area contributed by atoms with Crippen LogP contribution in [0.2, 0.25) is 0 Å². The zero-order valence-corrected chi connectivity index (χ0v) is 28.1. The molecule has 2 heterocycles. The van der Waals surface area contributed by atoms with Crippen LogP contribution in [0.3, 0.4) is 0 Å². The Bertz CT molecular complexity index is 1890. The molecule has 1 fully saturated rings. The Morgan fingerprint density at radius 1 is 0.957 bits per heavy atom. The standard InChI is InChI=1S/C32H34FN5O6S2.ClH/c1-45(40,41)28-12-10-27(11-13-28)44-31-15-8-23(21-34-31)22-37-18-16-26(17-19-37)38(25-6-4-3-5-7-25)32(39)35-24-9-14-29(33)30(20-24)36-46(2,42)43;/h3-15,20-21,26,36H,16-19,22H2,1-2H3,(H,35,39);1H. The van der Waals surface area contributed by atoms with Gasteiger partial charge in [0.25, 0.3) is 0 Å². The molecule has 0 aliphatic carbocycles. The van der Waals surface area contributed by atoms with Crippen molar-refractivity contribution < 1.29 is 30.8 Å². The van der Waals surface area contributed by atoms with Gasteiger partial charge in [0.05, 0.1) is 16.8 Å². The lowest BCUT2D eigenvalue weighted by molar-refractivity contribution is 0.199. The zero-order chi connectivity index (χ0) is 32.9. The second kappa shape index (κ2) is 15.1. The number of para-hydroxylation sites is 1. The number of anilines is 3. The van der Waals surface area contributed by atoms with Gasteiger partial charge in [0.15, 0.2) is 9.84 Å². The number of nitrogens with one attached hydrogen (secondary N) is 2. The Morgan fingerprint density at radius 2 is 1.64 bits per heavy atom. The van der Waals surface area contributed by atoms with E-state index >= 15 is 0 Å². The molecular weight excluding hydrogens is 669 g/mol. The molecule has 0 saturated carbocycles. The molecule has 0 unspecified atom stereocenters. The molecule has 0 radical (unpaired) electrons. The Balaban J connectivity index is 0.00000500. The van der Waals surface area contributed by atoms with Gasteiger partial charge in [-0.2, -0.15) is 0 Å². The number of halogens is 2. The van der Waals surface area contributed by atoms with Crippen molar-refractivity contribution in [3.63, 3.8) is 0 Å². The number of pyridine rings is 1. The Labute approximate surface area is 280 Å². The summed E-state index contributed by atoms with van der Waals surface area (Å²) in [5.74, 6) is 0.112. The van der Waals surface area contributed by atoms with Crippen molar-refractivity contribution >= 4 is 55.4 Å². The number of ether oxygens (including phenoxy) is 1. The number of rotatable bonds is 10. The smallest absolute Gasteiger partial charge is 0.326 e. The molecule has 2 amide bonds. The third-order valence-corrected chi connectivity index (χ3v) is 9.09. The van der Waals surface area contributed by atoms with Gasteiger partial charge in [-0.05, 0) is 73.0 Å². The topological polar surface area (TPSA) is 138 Å². The van der Waals surface area contributed by atoms with Crippen molar-refractivity contribution in [2.75, 3.05) is 40.5 Å². The summed E-state index contributed by atoms with van der Waals surface area (Å²) < 4.78 is 68.7. The SMILES string of the molecule is CS(=O)(=O)Nc1cc(NC(=O)N(c2ccccc2)C2CCN(Cc3ccc(Oc4ccc(S(C)(=O)=O)cc4)nc3)CC2)ccc1F.Cl. The van der Waals surface area contributed by atoms with Gasteiger partial charge in [0.1, 0.15) is 11.6 Å². The highest BCUT2D eigenvalue weighted by Crippen LogP contribution is 2.28. The molecule has 2 N–H and O–H groups in total. The number of carbonyl (C=O) groups excluding carboxylic acids is 1. The van der Waals surface area contributed by atoms with E-state index in [1.165, 1.54) is 24.3 Å². The number of piperidine rings is 1. The van der Waals surface area contributed by atoms with Crippen LogP contribution < -0.4 is 19.7 Å². The summed E-state index contributed by atoms with van der Waals surface area (Å²) in [7, 11) is -7.00. The number of sulfone groups is 1. The third-order valence-electron chi connectivity index (χ3n) is 7.37. The Kier molecular flexibility index (Phi) is 11.4. The van der Waals surface area contributed by atoms with Gasteiger partial charge >= 0.3 is 6.03 Å². The quantitative estimate of drug-likeness (QED) is 0.208. The van der Waals surface area contributed by atoms with Gasteiger partial charge in [-0.25, -0.2) is 31.0 Å². The van der Waals surface area contributed by atoms with E-state index in [-0.39, 0.29) is 34.7 Å². The van der Waals surface area contributed by atoms with Crippen LogP contribution in [-0.2, 0) is 26.4 Å². The number of hydrogen-bond acceptors (Lipinski definition) is 8. The summed E-state index contributed by atoms with van der Waals surface area (Å²) in [6, 6.07) is 22.3. The lowest BCUT2D eigenvalue weighted by Crippen LogP contribution is -2.49.